The van der Waals surface area contributed by atoms with E-state index in [0.29, 0.717) is 24.9 Å². The lowest BCUT2D eigenvalue weighted by Crippen LogP contribution is -2.45. The van der Waals surface area contributed by atoms with Crippen LogP contribution in [0.2, 0.25) is 0 Å². The van der Waals surface area contributed by atoms with Crippen LogP contribution in [0.4, 0.5) is 34.6 Å². The summed E-state index contributed by atoms with van der Waals surface area (Å²) in [4.78, 5) is 43.6. The van der Waals surface area contributed by atoms with Crippen molar-refractivity contribution in [3.05, 3.63) is 154 Å². The van der Waals surface area contributed by atoms with E-state index in [2.05, 4.69) is 67.0 Å². The SMILES string of the molecule is C[C@H]1COCCN1c1nc(-c2ccc(Nc3cccc(=O)[nH]3)cc2)nc2c1CCNC2.C[C@H]1COCCN1c1nc(-c2ccc(Nc3cccc(OCc4ccccc4)n3)cc2)nc2c1CCNC2. The first kappa shape index (κ1) is 45.5. The maximum Gasteiger partial charge on any atom is 0.249 e. The Morgan fingerprint density at radius 3 is 1.75 bits per heavy atom. The molecular weight excluding hydrogens is 869 g/mol. The van der Waals surface area contributed by atoms with Crippen LogP contribution < -0.4 is 41.4 Å². The van der Waals surface area contributed by atoms with Gasteiger partial charge < -0.3 is 50.3 Å². The molecule has 7 aromatic rings. The fourth-order valence-corrected chi connectivity index (χ4v) is 9.02. The van der Waals surface area contributed by atoms with Gasteiger partial charge in [-0.25, -0.2) is 19.9 Å². The summed E-state index contributed by atoms with van der Waals surface area (Å²) in [5.41, 5.74) is 9.42. The van der Waals surface area contributed by atoms with Gasteiger partial charge in [-0.2, -0.15) is 4.98 Å². The summed E-state index contributed by atoms with van der Waals surface area (Å²) in [6.07, 6.45) is 1.88. The van der Waals surface area contributed by atoms with Crippen LogP contribution in [0.15, 0.2) is 120 Å². The first-order valence-corrected chi connectivity index (χ1v) is 23.9. The lowest BCUT2D eigenvalue weighted by atomic mass is 10.0. The smallest absolute Gasteiger partial charge is 0.249 e. The van der Waals surface area contributed by atoms with Gasteiger partial charge >= 0.3 is 0 Å². The highest BCUT2D eigenvalue weighted by Crippen LogP contribution is 2.32. The average Bonchev–Trinajstić information content (AvgIpc) is 3.39. The number of nitrogens with zero attached hydrogens (tertiary/aromatic N) is 7. The van der Waals surface area contributed by atoms with Gasteiger partial charge in [-0.3, -0.25) is 4.79 Å². The fourth-order valence-electron chi connectivity index (χ4n) is 9.02. The Hall–Kier alpha value is -7.24. The fraction of sp³-hybridized carbons (Fsp3) is 0.321. The van der Waals surface area contributed by atoms with Crippen molar-refractivity contribution >= 4 is 34.6 Å². The van der Waals surface area contributed by atoms with Crippen LogP contribution in [-0.2, 0) is 42.0 Å². The van der Waals surface area contributed by atoms with E-state index in [9.17, 15) is 4.79 Å². The Kier molecular flexibility index (Phi) is 14.1. The second-order valence-corrected chi connectivity index (χ2v) is 17.6. The quantitative estimate of drug-likeness (QED) is 0.0881. The van der Waals surface area contributed by atoms with Crippen LogP contribution in [0.3, 0.4) is 0 Å². The number of aromatic nitrogens is 6. The highest BCUT2D eigenvalue weighted by atomic mass is 16.5. The summed E-state index contributed by atoms with van der Waals surface area (Å²) < 4.78 is 17.2. The molecule has 2 saturated heterocycles. The Balaban J connectivity index is 0.000000164. The zero-order chi connectivity index (χ0) is 46.9. The van der Waals surface area contributed by atoms with Gasteiger partial charge in [0.25, 0.3) is 0 Å². The predicted octanol–water partition coefficient (Wildman–Crippen LogP) is 7.18. The molecule has 16 nitrogen and oxygen atoms in total. The molecular formula is C53H58N12O4. The standard InChI is InChI=1S/C30H32N6O2.C23H26N6O2/c1-21-19-37-17-16-36(21)30-25-14-15-31-18-26(25)33-29(35-30)23-10-12-24(13-11-23)32-27-8-5-9-28(34-27)38-20-22-6-3-2-4-7-22;1-15-14-31-12-11-29(15)23-18-9-10-24-13-19(18)26-22(28-23)16-5-7-17(8-6-16)25-20-3-2-4-21(30)27-20/h2-13,21,31H,14-20H2,1H3,(H,32,34);2-8,15,24H,9-14H2,1H3,(H2,25,27,30)/t21-;15-/m00/s1. The number of nitrogens with one attached hydrogen (secondary N) is 5. The van der Waals surface area contributed by atoms with E-state index < -0.39 is 0 Å². The number of hydrogen-bond donors (Lipinski definition) is 5. The van der Waals surface area contributed by atoms with Crippen molar-refractivity contribution in [2.24, 2.45) is 0 Å². The van der Waals surface area contributed by atoms with Crippen LogP contribution in [0.25, 0.3) is 22.8 Å². The lowest BCUT2D eigenvalue weighted by Gasteiger charge is -2.36. The highest BCUT2D eigenvalue weighted by Gasteiger charge is 2.29. The monoisotopic (exact) mass is 926 g/mol. The van der Waals surface area contributed by atoms with Crippen molar-refractivity contribution in [1.29, 1.82) is 0 Å². The molecule has 0 spiro atoms. The molecule has 11 rings (SSSR count). The second-order valence-electron chi connectivity index (χ2n) is 17.6. The van der Waals surface area contributed by atoms with Crippen molar-refractivity contribution < 1.29 is 14.2 Å². The van der Waals surface area contributed by atoms with E-state index in [1.807, 2.05) is 91.0 Å². The largest absolute Gasteiger partial charge is 0.473 e. The van der Waals surface area contributed by atoms with Gasteiger partial charge in [-0.1, -0.05) is 42.5 Å². The van der Waals surface area contributed by atoms with E-state index in [4.69, 9.17) is 34.1 Å². The van der Waals surface area contributed by atoms with E-state index >= 15 is 0 Å². The molecule has 69 heavy (non-hydrogen) atoms. The van der Waals surface area contributed by atoms with Crippen LogP contribution in [0, 0.1) is 0 Å². The molecule has 3 aromatic carbocycles. The number of aromatic amines is 1. The maximum atomic E-state index is 11.5. The van der Waals surface area contributed by atoms with Crippen molar-refractivity contribution in [2.75, 3.05) is 73.0 Å². The predicted molar refractivity (Wildman–Crippen MR) is 270 cm³/mol. The van der Waals surface area contributed by atoms with Gasteiger partial charge in [0.15, 0.2) is 11.6 Å². The van der Waals surface area contributed by atoms with Gasteiger partial charge in [0, 0.05) is 71.9 Å². The third-order valence-corrected chi connectivity index (χ3v) is 12.7. The van der Waals surface area contributed by atoms with Crippen molar-refractivity contribution in [3.8, 4) is 28.7 Å². The molecule has 2 fully saturated rings. The zero-order valence-electron chi connectivity index (χ0n) is 39.1. The number of ether oxygens (including phenoxy) is 3. The number of H-pyrrole nitrogens is 1. The molecule has 354 valence electrons. The van der Waals surface area contributed by atoms with Gasteiger partial charge in [0.05, 0.1) is 49.9 Å². The minimum absolute atomic E-state index is 0.137. The Morgan fingerprint density at radius 1 is 0.623 bits per heavy atom. The molecule has 0 aliphatic carbocycles. The Morgan fingerprint density at radius 2 is 1.19 bits per heavy atom. The van der Waals surface area contributed by atoms with Crippen LogP contribution >= 0.6 is 0 Å². The number of rotatable bonds is 11. The summed E-state index contributed by atoms with van der Waals surface area (Å²) in [5, 5.41) is 13.5. The van der Waals surface area contributed by atoms with Crippen LogP contribution in [0.1, 0.15) is 41.9 Å². The summed E-state index contributed by atoms with van der Waals surface area (Å²) >= 11 is 0. The van der Waals surface area contributed by atoms with Crippen molar-refractivity contribution in [1.82, 2.24) is 40.5 Å². The molecule has 4 aromatic heterocycles. The third-order valence-electron chi connectivity index (χ3n) is 12.7. The first-order valence-electron chi connectivity index (χ1n) is 23.9. The number of fused-ring (bicyclic) bond motifs is 2. The number of benzene rings is 3. The number of anilines is 6. The van der Waals surface area contributed by atoms with Gasteiger partial charge in [-0.05, 0) is 106 Å². The van der Waals surface area contributed by atoms with Gasteiger partial charge in [0.2, 0.25) is 11.4 Å². The molecule has 16 heteroatoms. The number of hydrogen-bond acceptors (Lipinski definition) is 15. The van der Waals surface area contributed by atoms with Crippen molar-refractivity contribution in [2.45, 2.75) is 58.5 Å². The average molecular weight is 927 g/mol. The molecule has 4 aliphatic rings. The maximum absolute atomic E-state index is 11.5. The topological polar surface area (TPSA) is 180 Å². The zero-order valence-corrected chi connectivity index (χ0v) is 39.1. The second kappa shape index (κ2) is 21.4. The van der Waals surface area contributed by atoms with Crippen LogP contribution in [-0.4, -0.2) is 94.6 Å². The Bertz CT molecular complexity index is 2900. The number of pyridine rings is 2. The summed E-state index contributed by atoms with van der Waals surface area (Å²) in [6.45, 7) is 12.9. The van der Waals surface area contributed by atoms with E-state index in [1.165, 1.54) is 17.2 Å². The minimum Gasteiger partial charge on any atom is -0.473 e. The summed E-state index contributed by atoms with van der Waals surface area (Å²) in [5.74, 6) is 5.54. The molecule has 0 saturated carbocycles. The van der Waals surface area contributed by atoms with Crippen LogP contribution in [0.5, 0.6) is 5.88 Å². The highest BCUT2D eigenvalue weighted by molar-refractivity contribution is 5.67. The molecule has 0 bridgehead atoms. The van der Waals surface area contributed by atoms with Crippen molar-refractivity contribution in [3.63, 3.8) is 0 Å². The van der Waals surface area contributed by atoms with E-state index in [0.717, 1.165) is 140 Å². The number of morpholine rings is 2. The lowest BCUT2D eigenvalue weighted by molar-refractivity contribution is 0.0983. The summed E-state index contributed by atoms with van der Waals surface area (Å²) in [7, 11) is 0. The normalized spacial score (nSPS) is 17.7. The molecule has 4 aliphatic heterocycles. The minimum atomic E-state index is -0.137. The molecule has 8 heterocycles. The van der Waals surface area contributed by atoms with E-state index in [-0.39, 0.29) is 17.6 Å². The first-order chi connectivity index (χ1) is 33.9. The van der Waals surface area contributed by atoms with Gasteiger partial charge in [-0.15, -0.1) is 0 Å². The molecule has 0 radical (unpaired) electrons. The summed E-state index contributed by atoms with van der Waals surface area (Å²) in [6, 6.07) is 37.6. The molecule has 2 atom stereocenters. The molecule has 5 N–H and O–H groups in total. The van der Waals surface area contributed by atoms with E-state index in [1.54, 1.807) is 6.07 Å². The third kappa shape index (κ3) is 11.1. The van der Waals surface area contributed by atoms with Gasteiger partial charge in [0.1, 0.15) is 29.9 Å². The Labute approximate surface area is 401 Å². The molecule has 0 amide bonds. The molecule has 0 unspecified atom stereocenters.